The van der Waals surface area contributed by atoms with Gasteiger partial charge >= 0.3 is 5.97 Å². The lowest BCUT2D eigenvalue weighted by Crippen LogP contribution is -2.49. The zero-order valence-electron chi connectivity index (χ0n) is 12.3. The fourth-order valence-corrected chi connectivity index (χ4v) is 2.89. The summed E-state index contributed by atoms with van der Waals surface area (Å²) in [5, 5.41) is 11.6. The first-order valence-corrected chi connectivity index (χ1v) is 7.38. The van der Waals surface area contributed by atoms with Crippen LogP contribution >= 0.6 is 0 Å². The molecule has 6 heteroatoms. The van der Waals surface area contributed by atoms with E-state index in [9.17, 15) is 14.0 Å². The number of carboxylic acid groups (broad SMARTS) is 1. The summed E-state index contributed by atoms with van der Waals surface area (Å²) >= 11 is 0. The summed E-state index contributed by atoms with van der Waals surface area (Å²) in [6.45, 7) is 0.100. The van der Waals surface area contributed by atoms with Crippen LogP contribution < -0.4 is 5.32 Å². The molecule has 1 amide bonds. The lowest BCUT2D eigenvalue weighted by atomic mass is 9.64. The van der Waals surface area contributed by atoms with Crippen LogP contribution in [0, 0.1) is 5.82 Å². The predicted molar refractivity (Wildman–Crippen MR) is 79.4 cm³/mol. The van der Waals surface area contributed by atoms with Gasteiger partial charge in [-0.1, -0.05) is 18.6 Å². The minimum Gasteiger partial charge on any atom is -0.475 e. The third-order valence-corrected chi connectivity index (χ3v) is 4.31. The molecule has 3 rings (SSSR count). The van der Waals surface area contributed by atoms with E-state index in [1.165, 1.54) is 24.3 Å². The van der Waals surface area contributed by atoms with E-state index in [-0.39, 0.29) is 24.0 Å². The Bertz CT molecular complexity index is 749. The maximum absolute atomic E-state index is 13.4. The highest BCUT2D eigenvalue weighted by atomic mass is 19.1. The highest BCUT2D eigenvalue weighted by Gasteiger charge is 2.45. The third-order valence-electron chi connectivity index (χ3n) is 4.31. The molecular formula is C17H16FNO4. The van der Waals surface area contributed by atoms with Gasteiger partial charge in [0.2, 0.25) is 11.7 Å². The van der Waals surface area contributed by atoms with E-state index in [1.54, 1.807) is 12.1 Å². The van der Waals surface area contributed by atoms with Crippen LogP contribution in [0.4, 0.5) is 4.39 Å². The molecule has 5 nitrogen and oxygen atoms in total. The second-order valence-corrected chi connectivity index (χ2v) is 5.70. The zero-order chi connectivity index (χ0) is 16.4. The van der Waals surface area contributed by atoms with Crippen molar-refractivity contribution in [2.24, 2.45) is 0 Å². The molecule has 0 bridgehead atoms. The topological polar surface area (TPSA) is 79.5 Å². The van der Waals surface area contributed by atoms with E-state index < -0.39 is 11.4 Å². The summed E-state index contributed by atoms with van der Waals surface area (Å²) in [5.41, 5.74) is -0.0310. The van der Waals surface area contributed by atoms with E-state index in [2.05, 4.69) is 5.32 Å². The van der Waals surface area contributed by atoms with E-state index in [1.807, 2.05) is 0 Å². The number of hydrogen-bond acceptors (Lipinski definition) is 3. The van der Waals surface area contributed by atoms with Crippen LogP contribution in [-0.2, 0) is 16.8 Å². The molecular weight excluding hydrogens is 301 g/mol. The van der Waals surface area contributed by atoms with Crippen molar-refractivity contribution in [1.29, 1.82) is 0 Å². The van der Waals surface area contributed by atoms with E-state index in [0.717, 1.165) is 6.42 Å². The molecule has 1 aliphatic carbocycles. The number of amides is 1. The lowest BCUT2D eigenvalue weighted by molar-refractivity contribution is -0.130. The Balaban J connectivity index is 1.72. The van der Waals surface area contributed by atoms with Gasteiger partial charge in [-0.25, -0.2) is 9.18 Å². The van der Waals surface area contributed by atoms with Gasteiger partial charge in [-0.3, -0.25) is 4.79 Å². The summed E-state index contributed by atoms with van der Waals surface area (Å²) in [6, 6.07) is 8.97. The number of furan rings is 1. The molecule has 1 aliphatic rings. The Labute approximate surface area is 132 Å². The van der Waals surface area contributed by atoms with Crippen molar-refractivity contribution in [3.05, 3.63) is 59.3 Å². The Hall–Kier alpha value is -2.63. The molecule has 0 spiro atoms. The largest absolute Gasteiger partial charge is 0.475 e. The Morgan fingerprint density at radius 1 is 1.26 bits per heavy atom. The summed E-state index contributed by atoms with van der Waals surface area (Å²) in [6.07, 6.45) is 2.25. The van der Waals surface area contributed by atoms with E-state index in [4.69, 9.17) is 9.52 Å². The van der Waals surface area contributed by atoms with E-state index >= 15 is 0 Å². The number of hydrogen-bond donors (Lipinski definition) is 2. The molecule has 1 aromatic carbocycles. The normalized spacial score (nSPS) is 15.7. The smallest absolute Gasteiger partial charge is 0.371 e. The molecule has 0 radical (unpaired) electrons. The minimum atomic E-state index is -1.15. The fraction of sp³-hybridized carbons (Fsp3) is 0.294. The van der Waals surface area contributed by atoms with Crippen LogP contribution in [0.3, 0.4) is 0 Å². The number of carboxylic acids is 1. The predicted octanol–water partition coefficient (Wildman–Crippen LogP) is 2.86. The van der Waals surface area contributed by atoms with Gasteiger partial charge in [0.25, 0.3) is 0 Å². The van der Waals surface area contributed by atoms with Crippen LogP contribution in [0.15, 0.2) is 40.8 Å². The standard InChI is InChI=1S/C17H16FNO4/c18-12-4-1-3-11(9-12)17(7-2-8-17)16(22)19-10-13-5-6-14(23-13)15(20)21/h1,3-6,9H,2,7-8,10H2,(H,19,22)(H,20,21). The molecule has 23 heavy (non-hydrogen) atoms. The quantitative estimate of drug-likeness (QED) is 0.888. The maximum atomic E-state index is 13.4. The maximum Gasteiger partial charge on any atom is 0.371 e. The van der Waals surface area contributed by atoms with Gasteiger partial charge < -0.3 is 14.8 Å². The average molecular weight is 317 g/mol. The summed E-state index contributed by atoms with van der Waals surface area (Å²) in [7, 11) is 0. The van der Waals surface area contributed by atoms with Crippen LogP contribution in [-0.4, -0.2) is 17.0 Å². The van der Waals surface area contributed by atoms with Crippen molar-refractivity contribution in [3.8, 4) is 0 Å². The Morgan fingerprint density at radius 2 is 2.04 bits per heavy atom. The van der Waals surface area contributed by atoms with E-state index in [0.29, 0.717) is 24.2 Å². The van der Waals surface area contributed by atoms with Gasteiger partial charge in [0, 0.05) is 0 Å². The second kappa shape index (κ2) is 5.87. The van der Waals surface area contributed by atoms with Gasteiger partial charge in [-0.15, -0.1) is 0 Å². The lowest BCUT2D eigenvalue weighted by Gasteiger charge is -2.40. The van der Waals surface area contributed by atoms with Crippen molar-refractivity contribution in [1.82, 2.24) is 5.32 Å². The summed E-state index contributed by atoms with van der Waals surface area (Å²) in [4.78, 5) is 23.3. The zero-order valence-corrected chi connectivity index (χ0v) is 12.3. The number of halogens is 1. The Kier molecular flexibility index (Phi) is 3.90. The van der Waals surface area contributed by atoms with Gasteiger partial charge in [0.1, 0.15) is 11.6 Å². The van der Waals surface area contributed by atoms with Crippen LogP contribution in [0.2, 0.25) is 0 Å². The number of nitrogens with one attached hydrogen (secondary N) is 1. The number of aromatic carboxylic acids is 1. The summed E-state index contributed by atoms with van der Waals surface area (Å²) < 4.78 is 18.6. The molecule has 2 aromatic rings. The van der Waals surface area contributed by atoms with Crippen molar-refractivity contribution in [2.45, 2.75) is 31.2 Å². The molecule has 1 fully saturated rings. The number of carbonyl (C=O) groups excluding carboxylic acids is 1. The van der Waals surface area contributed by atoms with Crippen LogP contribution in [0.25, 0.3) is 0 Å². The van der Waals surface area contributed by atoms with Crippen LogP contribution in [0.5, 0.6) is 0 Å². The summed E-state index contributed by atoms with van der Waals surface area (Å²) in [5.74, 6) is -1.51. The first-order valence-electron chi connectivity index (χ1n) is 7.38. The highest BCUT2D eigenvalue weighted by molar-refractivity contribution is 5.89. The minimum absolute atomic E-state index is 0.100. The number of rotatable bonds is 5. The molecule has 1 saturated carbocycles. The molecule has 0 unspecified atom stereocenters. The van der Waals surface area contributed by atoms with Crippen LogP contribution in [0.1, 0.15) is 41.1 Å². The molecule has 0 atom stereocenters. The SMILES string of the molecule is O=C(O)c1ccc(CNC(=O)C2(c3cccc(F)c3)CCC2)o1. The van der Waals surface area contributed by atoms with Crippen molar-refractivity contribution >= 4 is 11.9 Å². The molecule has 1 heterocycles. The van der Waals surface area contributed by atoms with Gasteiger partial charge in [0.15, 0.2) is 0 Å². The number of carbonyl (C=O) groups is 2. The van der Waals surface area contributed by atoms with Gasteiger partial charge in [-0.2, -0.15) is 0 Å². The second-order valence-electron chi connectivity index (χ2n) is 5.70. The van der Waals surface area contributed by atoms with Gasteiger partial charge in [-0.05, 0) is 42.7 Å². The monoisotopic (exact) mass is 317 g/mol. The highest BCUT2D eigenvalue weighted by Crippen LogP contribution is 2.44. The molecule has 0 saturated heterocycles. The average Bonchev–Trinajstić information content (AvgIpc) is 2.93. The molecule has 120 valence electrons. The molecule has 1 aromatic heterocycles. The fourth-order valence-electron chi connectivity index (χ4n) is 2.89. The molecule has 0 aliphatic heterocycles. The van der Waals surface area contributed by atoms with Crippen molar-refractivity contribution in [3.63, 3.8) is 0 Å². The third kappa shape index (κ3) is 2.84. The Morgan fingerprint density at radius 3 is 2.61 bits per heavy atom. The molecule has 2 N–H and O–H groups in total. The van der Waals surface area contributed by atoms with Crippen molar-refractivity contribution < 1.29 is 23.5 Å². The van der Waals surface area contributed by atoms with Crippen molar-refractivity contribution in [2.75, 3.05) is 0 Å². The first-order chi connectivity index (χ1) is 11.0. The van der Waals surface area contributed by atoms with Gasteiger partial charge in [0.05, 0.1) is 12.0 Å². The number of benzene rings is 1. The first kappa shape index (κ1) is 15.3.